The minimum absolute atomic E-state index is 0.662. The molecule has 0 bridgehead atoms. The monoisotopic (exact) mass is 301 g/mol. The molecule has 0 saturated carbocycles. The number of para-hydroxylation sites is 1. The van der Waals surface area contributed by atoms with Crippen molar-refractivity contribution in [1.29, 1.82) is 0 Å². The topological polar surface area (TPSA) is 54.2 Å². The number of aryl methyl sites for hydroxylation is 1. The van der Waals surface area contributed by atoms with Crippen molar-refractivity contribution in [3.63, 3.8) is 0 Å². The summed E-state index contributed by atoms with van der Waals surface area (Å²) in [7, 11) is 0. The molecule has 0 aliphatic carbocycles. The first-order valence-electron chi connectivity index (χ1n) is 6.78. The molecule has 0 radical (unpaired) electrons. The lowest BCUT2D eigenvalue weighted by Crippen LogP contribution is -2.05. The van der Waals surface area contributed by atoms with Crippen LogP contribution in [0.3, 0.4) is 0 Å². The predicted octanol–water partition coefficient (Wildman–Crippen LogP) is 3.87. The van der Waals surface area contributed by atoms with Crippen molar-refractivity contribution in [3.05, 3.63) is 47.4 Å². The van der Waals surface area contributed by atoms with Gasteiger partial charge in [0, 0.05) is 18.9 Å². The number of aromatic nitrogens is 3. The summed E-state index contributed by atoms with van der Waals surface area (Å²) in [6, 6.07) is 5.79. The molecular weight excluding hydrogens is 286 g/mol. The average molecular weight is 302 g/mol. The Bertz CT molecular complexity index is 761. The lowest BCUT2D eigenvalue weighted by atomic mass is 10.2. The molecule has 0 atom stereocenters. The molecule has 21 heavy (non-hydrogen) atoms. The van der Waals surface area contributed by atoms with Gasteiger partial charge in [-0.3, -0.25) is 0 Å². The van der Waals surface area contributed by atoms with Crippen LogP contribution in [0.15, 0.2) is 36.8 Å². The number of anilines is 3. The van der Waals surface area contributed by atoms with Gasteiger partial charge in [-0.1, -0.05) is 23.7 Å². The maximum absolute atomic E-state index is 6.27. The molecule has 3 aromatic rings. The van der Waals surface area contributed by atoms with E-state index >= 15 is 0 Å². The van der Waals surface area contributed by atoms with E-state index in [2.05, 4.69) is 20.6 Å². The quantitative estimate of drug-likeness (QED) is 0.768. The van der Waals surface area contributed by atoms with Crippen LogP contribution in [0, 0.1) is 6.92 Å². The van der Waals surface area contributed by atoms with Crippen LogP contribution in [-0.2, 0) is 0 Å². The second-order valence-electron chi connectivity index (χ2n) is 4.72. The molecule has 2 N–H and O–H groups in total. The van der Waals surface area contributed by atoms with Crippen LogP contribution in [0.5, 0.6) is 0 Å². The van der Waals surface area contributed by atoms with Gasteiger partial charge in [-0.2, -0.15) is 0 Å². The van der Waals surface area contributed by atoms with Crippen molar-refractivity contribution < 1.29 is 0 Å². The molecule has 6 heteroatoms. The van der Waals surface area contributed by atoms with E-state index in [1.54, 1.807) is 6.20 Å². The summed E-state index contributed by atoms with van der Waals surface area (Å²) in [6.07, 6.45) is 5.55. The fourth-order valence-electron chi connectivity index (χ4n) is 2.19. The van der Waals surface area contributed by atoms with Gasteiger partial charge in [-0.25, -0.2) is 9.97 Å². The number of hydrogen-bond donors (Lipinski definition) is 2. The summed E-state index contributed by atoms with van der Waals surface area (Å²) in [6.45, 7) is 4.84. The summed E-state index contributed by atoms with van der Waals surface area (Å²) < 4.78 is 1.93. The zero-order valence-corrected chi connectivity index (χ0v) is 12.6. The molecule has 0 unspecified atom stereocenters. The first-order chi connectivity index (χ1) is 10.2. The first kappa shape index (κ1) is 13.7. The zero-order chi connectivity index (χ0) is 14.8. The van der Waals surface area contributed by atoms with E-state index in [1.165, 1.54) is 0 Å². The lowest BCUT2D eigenvalue weighted by Gasteiger charge is -2.13. The summed E-state index contributed by atoms with van der Waals surface area (Å²) in [5, 5.41) is 7.18. The van der Waals surface area contributed by atoms with E-state index in [0.29, 0.717) is 10.8 Å². The Balaban J connectivity index is 2.09. The number of benzene rings is 1. The minimum atomic E-state index is 0.662. The molecule has 108 valence electrons. The number of nitrogens with zero attached hydrogens (tertiary/aromatic N) is 3. The fraction of sp³-hybridized carbons (Fsp3) is 0.200. The van der Waals surface area contributed by atoms with E-state index < -0.39 is 0 Å². The van der Waals surface area contributed by atoms with E-state index in [0.717, 1.165) is 29.3 Å². The summed E-state index contributed by atoms with van der Waals surface area (Å²) in [4.78, 5) is 8.92. The molecule has 2 heterocycles. The molecule has 0 spiro atoms. The highest BCUT2D eigenvalue weighted by Crippen LogP contribution is 2.29. The Hall–Kier alpha value is -2.27. The molecular formula is C15H16ClN5. The molecule has 5 nitrogen and oxygen atoms in total. The molecule has 1 aromatic carbocycles. The lowest BCUT2D eigenvalue weighted by molar-refractivity contribution is 1.09. The van der Waals surface area contributed by atoms with Gasteiger partial charge in [0.15, 0.2) is 11.5 Å². The second kappa shape index (κ2) is 5.61. The molecule has 0 amide bonds. The van der Waals surface area contributed by atoms with Crippen molar-refractivity contribution in [1.82, 2.24) is 14.4 Å². The maximum Gasteiger partial charge on any atom is 0.180 e. The largest absolute Gasteiger partial charge is 0.369 e. The third-order valence-corrected chi connectivity index (χ3v) is 3.51. The fourth-order valence-corrected chi connectivity index (χ4v) is 2.46. The highest BCUT2D eigenvalue weighted by Gasteiger charge is 2.10. The smallest absolute Gasteiger partial charge is 0.180 e. The Morgan fingerprint density at radius 3 is 2.95 bits per heavy atom. The van der Waals surface area contributed by atoms with Gasteiger partial charge in [0.25, 0.3) is 0 Å². The van der Waals surface area contributed by atoms with Gasteiger partial charge in [0.05, 0.1) is 16.9 Å². The van der Waals surface area contributed by atoms with Gasteiger partial charge in [-0.05, 0) is 25.5 Å². The molecule has 0 fully saturated rings. The Morgan fingerprint density at radius 2 is 2.19 bits per heavy atom. The molecule has 0 aliphatic rings. The third kappa shape index (κ3) is 2.64. The van der Waals surface area contributed by atoms with Crippen molar-refractivity contribution in [2.75, 3.05) is 17.2 Å². The number of hydrogen-bond acceptors (Lipinski definition) is 4. The Labute approximate surface area is 128 Å². The van der Waals surface area contributed by atoms with Crippen molar-refractivity contribution in [3.8, 4) is 0 Å². The van der Waals surface area contributed by atoms with Gasteiger partial charge in [-0.15, -0.1) is 0 Å². The van der Waals surface area contributed by atoms with E-state index in [9.17, 15) is 0 Å². The van der Waals surface area contributed by atoms with Crippen LogP contribution in [0.4, 0.5) is 17.3 Å². The minimum Gasteiger partial charge on any atom is -0.369 e. The zero-order valence-electron chi connectivity index (χ0n) is 11.9. The second-order valence-corrected chi connectivity index (χ2v) is 5.13. The normalized spacial score (nSPS) is 10.8. The number of imidazole rings is 1. The van der Waals surface area contributed by atoms with Crippen LogP contribution in [0.1, 0.15) is 12.5 Å². The molecule has 2 aromatic heterocycles. The average Bonchev–Trinajstić information content (AvgIpc) is 2.92. The molecule has 0 aliphatic heterocycles. The van der Waals surface area contributed by atoms with Crippen molar-refractivity contribution in [2.45, 2.75) is 13.8 Å². The van der Waals surface area contributed by atoms with E-state index in [-0.39, 0.29) is 0 Å². The van der Waals surface area contributed by atoms with E-state index in [4.69, 9.17) is 11.6 Å². The van der Waals surface area contributed by atoms with Gasteiger partial charge >= 0.3 is 0 Å². The number of fused-ring (bicyclic) bond motifs is 1. The predicted molar refractivity (Wildman–Crippen MR) is 86.6 cm³/mol. The van der Waals surface area contributed by atoms with Crippen LogP contribution in [-0.4, -0.2) is 20.9 Å². The van der Waals surface area contributed by atoms with Crippen LogP contribution >= 0.6 is 11.6 Å². The van der Waals surface area contributed by atoms with Crippen LogP contribution in [0.2, 0.25) is 5.02 Å². The van der Waals surface area contributed by atoms with Crippen LogP contribution in [0.25, 0.3) is 5.65 Å². The Morgan fingerprint density at radius 1 is 1.33 bits per heavy atom. The standard InChI is InChI=1S/C15H16ClN5/c1-3-17-12-9-21-8-7-18-15(21)14(19-12)20-13-10(2)5-4-6-11(13)16/h4-9,17H,3H2,1-2H3,(H,19,20). The summed E-state index contributed by atoms with van der Waals surface area (Å²) in [5.41, 5.74) is 2.67. The Kier molecular flexibility index (Phi) is 3.66. The van der Waals surface area contributed by atoms with Crippen molar-refractivity contribution in [2.24, 2.45) is 0 Å². The third-order valence-electron chi connectivity index (χ3n) is 3.20. The maximum atomic E-state index is 6.27. The van der Waals surface area contributed by atoms with Gasteiger partial charge in [0.1, 0.15) is 5.82 Å². The highest BCUT2D eigenvalue weighted by molar-refractivity contribution is 6.33. The number of halogens is 1. The van der Waals surface area contributed by atoms with Gasteiger partial charge < -0.3 is 15.0 Å². The number of rotatable bonds is 4. The summed E-state index contributed by atoms with van der Waals surface area (Å²) >= 11 is 6.27. The highest BCUT2D eigenvalue weighted by atomic mass is 35.5. The SMILES string of the molecule is CCNc1cn2ccnc2c(Nc2c(C)cccc2Cl)n1. The first-order valence-corrected chi connectivity index (χ1v) is 7.16. The van der Waals surface area contributed by atoms with Gasteiger partial charge in [0.2, 0.25) is 0 Å². The summed E-state index contributed by atoms with van der Waals surface area (Å²) in [5.74, 6) is 1.46. The van der Waals surface area contributed by atoms with Crippen molar-refractivity contribution >= 4 is 34.6 Å². The molecule has 3 rings (SSSR count). The molecule has 0 saturated heterocycles. The van der Waals surface area contributed by atoms with Crippen LogP contribution < -0.4 is 10.6 Å². The van der Waals surface area contributed by atoms with E-state index in [1.807, 2.05) is 48.8 Å². The number of nitrogens with one attached hydrogen (secondary N) is 2.